The molecule has 0 aromatic heterocycles. The zero-order chi connectivity index (χ0) is 19.9. The summed E-state index contributed by atoms with van der Waals surface area (Å²) in [5.74, 6) is -1.45. The van der Waals surface area contributed by atoms with Crippen LogP contribution in [0.2, 0.25) is 0 Å². The molecule has 0 fully saturated rings. The molecule has 27 heavy (non-hydrogen) atoms. The van der Waals surface area contributed by atoms with E-state index in [2.05, 4.69) is 5.32 Å². The van der Waals surface area contributed by atoms with E-state index >= 15 is 0 Å². The molecule has 0 bridgehead atoms. The smallest absolute Gasteiger partial charge is 0.408 e. The number of carbonyl (C=O) groups excluding carboxylic acids is 1. The summed E-state index contributed by atoms with van der Waals surface area (Å²) in [6.45, 7) is 0.968. The van der Waals surface area contributed by atoms with Gasteiger partial charge in [0, 0.05) is 0 Å². The van der Waals surface area contributed by atoms with Crippen LogP contribution in [0.4, 0.5) is 4.79 Å². The molecule has 8 nitrogen and oxygen atoms in total. The van der Waals surface area contributed by atoms with Crippen LogP contribution in [0.15, 0.2) is 59.5 Å². The Balaban J connectivity index is 1.92. The van der Waals surface area contributed by atoms with Crippen LogP contribution in [-0.4, -0.2) is 38.2 Å². The number of carboxylic acids is 1. The highest BCUT2D eigenvalue weighted by Crippen LogP contribution is 2.13. The standard InChI is InChI=1S/C18H19NO7S/c1-13-7-9-15(10-8-13)27(23,24)26-12-16(17(20)21)19-18(22)25-11-14-5-3-2-4-6-14/h2-10,16H,11-12H2,1H3,(H,19,22)(H,20,21)/t16-/m0/s1. The number of aryl methyl sites for hydroxylation is 1. The second kappa shape index (κ2) is 9.15. The molecule has 2 aromatic carbocycles. The number of hydrogen-bond acceptors (Lipinski definition) is 6. The van der Waals surface area contributed by atoms with Crippen molar-refractivity contribution >= 4 is 22.2 Å². The third-order valence-corrected chi connectivity index (χ3v) is 4.80. The van der Waals surface area contributed by atoms with E-state index in [4.69, 9.17) is 14.0 Å². The predicted octanol–water partition coefficient (Wildman–Crippen LogP) is 2.08. The Morgan fingerprint density at radius 3 is 2.30 bits per heavy atom. The maximum atomic E-state index is 12.1. The van der Waals surface area contributed by atoms with Gasteiger partial charge >= 0.3 is 12.1 Å². The summed E-state index contributed by atoms with van der Waals surface area (Å²) in [4.78, 5) is 22.9. The molecular formula is C18H19NO7S. The molecular weight excluding hydrogens is 374 g/mol. The largest absolute Gasteiger partial charge is 0.480 e. The van der Waals surface area contributed by atoms with Gasteiger partial charge in [-0.25, -0.2) is 9.59 Å². The van der Waals surface area contributed by atoms with Crippen LogP contribution in [0.3, 0.4) is 0 Å². The van der Waals surface area contributed by atoms with Crippen molar-refractivity contribution in [1.29, 1.82) is 0 Å². The van der Waals surface area contributed by atoms with E-state index in [0.717, 1.165) is 11.1 Å². The first-order valence-electron chi connectivity index (χ1n) is 7.94. The monoisotopic (exact) mass is 393 g/mol. The van der Waals surface area contributed by atoms with Crippen molar-refractivity contribution in [1.82, 2.24) is 5.32 Å². The Morgan fingerprint density at radius 2 is 1.70 bits per heavy atom. The summed E-state index contributed by atoms with van der Waals surface area (Å²) in [5.41, 5.74) is 1.58. The summed E-state index contributed by atoms with van der Waals surface area (Å²) in [5, 5.41) is 11.2. The topological polar surface area (TPSA) is 119 Å². The van der Waals surface area contributed by atoms with Crippen molar-refractivity contribution in [2.24, 2.45) is 0 Å². The van der Waals surface area contributed by atoms with Gasteiger partial charge in [-0.15, -0.1) is 0 Å². The zero-order valence-electron chi connectivity index (χ0n) is 14.5. The normalized spacial score (nSPS) is 12.2. The van der Waals surface area contributed by atoms with Gasteiger partial charge in [-0.2, -0.15) is 8.42 Å². The van der Waals surface area contributed by atoms with Crippen LogP contribution in [0.5, 0.6) is 0 Å². The van der Waals surface area contributed by atoms with Crippen molar-refractivity contribution in [2.75, 3.05) is 6.61 Å². The first-order valence-corrected chi connectivity index (χ1v) is 9.35. The van der Waals surface area contributed by atoms with E-state index in [1.54, 1.807) is 49.4 Å². The number of alkyl carbamates (subject to hydrolysis) is 1. The molecule has 0 spiro atoms. The van der Waals surface area contributed by atoms with Gasteiger partial charge in [-0.1, -0.05) is 48.0 Å². The number of carbonyl (C=O) groups is 2. The quantitative estimate of drug-likeness (QED) is 0.659. The molecule has 0 heterocycles. The molecule has 1 atom stereocenters. The molecule has 0 saturated heterocycles. The summed E-state index contributed by atoms with van der Waals surface area (Å²) in [7, 11) is -4.15. The molecule has 2 N–H and O–H groups in total. The zero-order valence-corrected chi connectivity index (χ0v) is 15.3. The third kappa shape index (κ3) is 6.39. The maximum absolute atomic E-state index is 12.1. The Morgan fingerprint density at radius 1 is 1.07 bits per heavy atom. The van der Waals surface area contributed by atoms with E-state index in [0.29, 0.717) is 0 Å². The van der Waals surface area contributed by atoms with Gasteiger partial charge < -0.3 is 15.2 Å². The lowest BCUT2D eigenvalue weighted by atomic mass is 10.2. The number of carboxylic acid groups (broad SMARTS) is 1. The number of amides is 1. The fourth-order valence-electron chi connectivity index (χ4n) is 2.01. The number of nitrogens with one attached hydrogen (secondary N) is 1. The van der Waals surface area contributed by atoms with Crippen molar-refractivity contribution in [3.63, 3.8) is 0 Å². The van der Waals surface area contributed by atoms with Gasteiger partial charge in [0.25, 0.3) is 10.1 Å². The third-order valence-electron chi connectivity index (χ3n) is 3.50. The summed E-state index contributed by atoms with van der Waals surface area (Å²) in [6, 6.07) is 13.1. The van der Waals surface area contributed by atoms with Crippen molar-refractivity contribution in [2.45, 2.75) is 24.5 Å². The second-order valence-corrected chi connectivity index (χ2v) is 7.26. The van der Waals surface area contributed by atoms with Crippen LogP contribution < -0.4 is 5.32 Å². The molecule has 9 heteroatoms. The van der Waals surface area contributed by atoms with Crippen LogP contribution in [0.25, 0.3) is 0 Å². The molecule has 0 aliphatic heterocycles. The summed E-state index contributed by atoms with van der Waals surface area (Å²) >= 11 is 0. The fraction of sp³-hybridized carbons (Fsp3) is 0.222. The van der Waals surface area contributed by atoms with Crippen LogP contribution >= 0.6 is 0 Å². The summed E-state index contributed by atoms with van der Waals surface area (Å²) in [6.07, 6.45) is -0.998. The lowest BCUT2D eigenvalue weighted by Gasteiger charge is -2.15. The minimum absolute atomic E-state index is 0.0540. The van der Waals surface area contributed by atoms with Crippen molar-refractivity contribution < 1.29 is 32.0 Å². The molecule has 2 rings (SSSR count). The minimum Gasteiger partial charge on any atom is -0.480 e. The fourth-order valence-corrected chi connectivity index (χ4v) is 2.93. The van der Waals surface area contributed by atoms with Gasteiger partial charge in [0.2, 0.25) is 0 Å². The van der Waals surface area contributed by atoms with Gasteiger partial charge in [0.1, 0.15) is 6.61 Å². The number of aliphatic carboxylic acids is 1. The predicted molar refractivity (Wildman–Crippen MR) is 95.5 cm³/mol. The molecule has 144 valence electrons. The molecule has 0 radical (unpaired) electrons. The molecule has 0 aliphatic carbocycles. The van der Waals surface area contributed by atoms with Crippen LogP contribution in [-0.2, 0) is 30.4 Å². The highest BCUT2D eigenvalue weighted by atomic mass is 32.2. The van der Waals surface area contributed by atoms with Crippen molar-refractivity contribution in [3.8, 4) is 0 Å². The number of benzene rings is 2. The second-order valence-electron chi connectivity index (χ2n) is 5.65. The molecule has 0 aliphatic rings. The van der Waals surface area contributed by atoms with Gasteiger partial charge in [-0.05, 0) is 24.6 Å². The van der Waals surface area contributed by atoms with E-state index in [9.17, 15) is 18.0 Å². The minimum atomic E-state index is -4.15. The Kier molecular flexibility index (Phi) is 6.91. The molecule has 2 aromatic rings. The maximum Gasteiger partial charge on any atom is 0.408 e. The Hall–Kier alpha value is -2.91. The van der Waals surface area contributed by atoms with Gasteiger partial charge in [0.15, 0.2) is 6.04 Å². The highest BCUT2D eigenvalue weighted by molar-refractivity contribution is 7.86. The lowest BCUT2D eigenvalue weighted by molar-refractivity contribution is -0.140. The Bertz CT molecular complexity index is 880. The van der Waals surface area contributed by atoms with E-state index in [1.165, 1.54) is 12.1 Å². The molecule has 0 saturated carbocycles. The first kappa shape index (κ1) is 20.4. The van der Waals surface area contributed by atoms with Crippen LogP contribution in [0.1, 0.15) is 11.1 Å². The highest BCUT2D eigenvalue weighted by Gasteiger charge is 2.25. The molecule has 0 unspecified atom stereocenters. The average Bonchev–Trinajstić information content (AvgIpc) is 2.64. The number of ether oxygens (including phenoxy) is 1. The number of rotatable bonds is 8. The first-order chi connectivity index (χ1) is 12.8. The van der Waals surface area contributed by atoms with Gasteiger partial charge in [-0.3, -0.25) is 4.18 Å². The van der Waals surface area contributed by atoms with Crippen LogP contribution in [0, 0.1) is 6.92 Å². The molecule has 1 amide bonds. The average molecular weight is 393 g/mol. The number of hydrogen-bond donors (Lipinski definition) is 2. The van der Waals surface area contributed by atoms with E-state index < -0.39 is 34.8 Å². The lowest BCUT2D eigenvalue weighted by Crippen LogP contribution is -2.44. The SMILES string of the molecule is Cc1ccc(S(=O)(=O)OC[C@H](NC(=O)OCc2ccccc2)C(=O)O)cc1. The van der Waals surface area contributed by atoms with Gasteiger partial charge in [0.05, 0.1) is 11.5 Å². The van der Waals surface area contributed by atoms with Crippen molar-refractivity contribution in [3.05, 3.63) is 65.7 Å². The van der Waals surface area contributed by atoms with E-state index in [-0.39, 0.29) is 11.5 Å². The Labute approximate surface area is 156 Å². The van der Waals surface area contributed by atoms with E-state index in [1.807, 2.05) is 0 Å². The summed E-state index contributed by atoms with van der Waals surface area (Å²) < 4.78 is 33.9.